The van der Waals surface area contributed by atoms with Gasteiger partial charge in [0, 0.05) is 12.6 Å². The van der Waals surface area contributed by atoms with E-state index >= 15 is 0 Å². The number of aliphatic carboxylic acids is 1. The van der Waals surface area contributed by atoms with E-state index in [0.717, 1.165) is 32.6 Å². The number of ether oxygens (including phenoxy) is 1. The van der Waals surface area contributed by atoms with E-state index in [2.05, 4.69) is 27.7 Å². The topological polar surface area (TPSA) is 49.4 Å². The molecule has 116 valence electrons. The van der Waals surface area contributed by atoms with Gasteiger partial charge >= 0.3 is 0 Å². The molecule has 0 heterocycles. The Bertz CT molecular complexity index is 195. The van der Waals surface area contributed by atoms with Crippen LogP contribution in [0.4, 0.5) is 0 Å². The summed E-state index contributed by atoms with van der Waals surface area (Å²) in [4.78, 5) is 9.65. The summed E-state index contributed by atoms with van der Waals surface area (Å²) in [5.74, 6) is -0.943. The van der Waals surface area contributed by atoms with E-state index in [0.29, 0.717) is 0 Å². The second-order valence-electron chi connectivity index (χ2n) is 4.69. The van der Waals surface area contributed by atoms with Gasteiger partial charge in [-0.3, -0.25) is 0 Å². The lowest BCUT2D eigenvalue weighted by Gasteiger charge is -2.35. The van der Waals surface area contributed by atoms with E-state index in [1.165, 1.54) is 24.1 Å². The first kappa shape index (κ1) is 20.7. The molecule has 0 unspecified atom stereocenters. The van der Waals surface area contributed by atoms with Crippen LogP contribution in [-0.4, -0.2) is 49.8 Å². The number of quaternary nitrogens is 1. The lowest BCUT2D eigenvalue weighted by atomic mass is 10.3. The van der Waals surface area contributed by atoms with Gasteiger partial charge in [-0.15, -0.1) is 0 Å². The number of rotatable bonds is 10. The summed E-state index contributed by atoms with van der Waals surface area (Å²) >= 11 is 0. The number of unbranched alkanes of at least 4 members (excludes halogenated alkanes) is 1. The van der Waals surface area contributed by atoms with Gasteiger partial charge in [-0.25, -0.2) is 0 Å². The van der Waals surface area contributed by atoms with Gasteiger partial charge in [-0.2, -0.15) is 0 Å². The minimum absolute atomic E-state index is 0.205. The molecule has 0 atom stereocenters. The van der Waals surface area contributed by atoms with Crippen molar-refractivity contribution >= 4 is 5.97 Å². The molecule has 4 heteroatoms. The Kier molecular flexibility index (Phi) is 15.1. The first-order valence-electron chi connectivity index (χ1n) is 7.64. The number of carboxylic acid groups (broad SMARTS) is 1. The summed E-state index contributed by atoms with van der Waals surface area (Å²) in [6.45, 7) is 17.4. The molecule has 4 nitrogen and oxygen atoms in total. The van der Waals surface area contributed by atoms with Crippen LogP contribution >= 0.6 is 0 Å². The Morgan fingerprint density at radius 3 is 1.84 bits per heavy atom. The molecule has 0 radical (unpaired) electrons. The van der Waals surface area contributed by atoms with Gasteiger partial charge in [0.1, 0.15) is 6.54 Å². The fourth-order valence-corrected chi connectivity index (χ4v) is 1.87. The van der Waals surface area contributed by atoms with Crippen LogP contribution in [0, 0.1) is 0 Å². The summed E-state index contributed by atoms with van der Waals surface area (Å²) in [5.41, 5.74) is 0. The zero-order chi connectivity index (χ0) is 15.1. The number of carbonyl (C=O) groups excluding carboxylic acids is 1. The molecule has 0 bridgehead atoms. The van der Waals surface area contributed by atoms with Crippen molar-refractivity contribution < 1.29 is 19.1 Å². The third kappa shape index (κ3) is 12.2. The van der Waals surface area contributed by atoms with Crippen molar-refractivity contribution in [2.24, 2.45) is 0 Å². The maximum atomic E-state index is 9.65. The molecule has 0 aliphatic rings. The highest BCUT2D eigenvalue weighted by Crippen LogP contribution is 2.04. The number of hydrogen-bond donors (Lipinski definition) is 0. The van der Waals surface area contributed by atoms with Gasteiger partial charge < -0.3 is 19.1 Å². The van der Waals surface area contributed by atoms with Crippen LogP contribution < -0.4 is 5.11 Å². The normalized spacial score (nSPS) is 10.8. The van der Waals surface area contributed by atoms with Gasteiger partial charge in [0.05, 0.1) is 26.2 Å². The maximum Gasteiger partial charge on any atom is 0.102 e. The van der Waals surface area contributed by atoms with E-state index < -0.39 is 5.97 Å². The first-order valence-corrected chi connectivity index (χ1v) is 7.64. The molecule has 0 aromatic heterocycles. The highest BCUT2D eigenvalue weighted by Gasteiger charge is 2.19. The standard InChI is InChI=1S/C10H24NO.C5H10O2/c1-5-11(6-2,7-3)9-10-12-8-4;1-2-3-4-5(6)7/h5-10H2,1-4H3;2-4H2,1H3,(H,6,7)/q+1;/p-1. The van der Waals surface area contributed by atoms with Gasteiger partial charge in [0.2, 0.25) is 0 Å². The minimum Gasteiger partial charge on any atom is -0.550 e. The number of carbonyl (C=O) groups is 1. The van der Waals surface area contributed by atoms with Crippen LogP contribution in [0.5, 0.6) is 0 Å². The molecular weight excluding hydrogens is 242 g/mol. The molecule has 0 aliphatic carbocycles. The van der Waals surface area contributed by atoms with Crippen molar-refractivity contribution in [3.05, 3.63) is 0 Å². The molecule has 0 aliphatic heterocycles. The highest BCUT2D eigenvalue weighted by atomic mass is 16.5. The van der Waals surface area contributed by atoms with Crippen LogP contribution in [0.1, 0.15) is 53.9 Å². The average Bonchev–Trinajstić information content (AvgIpc) is 2.43. The molecule has 0 rings (SSSR count). The third-order valence-electron chi connectivity index (χ3n) is 3.66. The van der Waals surface area contributed by atoms with Crippen molar-refractivity contribution in [3.8, 4) is 0 Å². The lowest BCUT2D eigenvalue weighted by Crippen LogP contribution is -2.49. The zero-order valence-corrected chi connectivity index (χ0v) is 13.5. The highest BCUT2D eigenvalue weighted by molar-refractivity contribution is 5.63. The largest absolute Gasteiger partial charge is 0.550 e. The van der Waals surface area contributed by atoms with Gasteiger partial charge in [-0.1, -0.05) is 13.3 Å². The summed E-state index contributed by atoms with van der Waals surface area (Å²) in [5, 5.41) is 9.65. The number of hydrogen-bond acceptors (Lipinski definition) is 3. The van der Waals surface area contributed by atoms with Gasteiger partial charge in [0.25, 0.3) is 0 Å². The number of carboxylic acids is 1. The van der Waals surface area contributed by atoms with Crippen LogP contribution in [-0.2, 0) is 9.53 Å². The van der Waals surface area contributed by atoms with E-state index in [1.54, 1.807) is 0 Å². The Hall–Kier alpha value is -0.610. The van der Waals surface area contributed by atoms with Gasteiger partial charge in [0.15, 0.2) is 0 Å². The summed E-state index contributed by atoms with van der Waals surface area (Å²) in [7, 11) is 0. The van der Waals surface area contributed by atoms with Crippen molar-refractivity contribution in [3.63, 3.8) is 0 Å². The molecule has 0 saturated carbocycles. The molecular formula is C15H33NO3. The molecule has 0 amide bonds. The number of likely N-dealkylation sites (N-methyl/N-ethyl adjacent to an activating group) is 1. The Morgan fingerprint density at radius 1 is 1.05 bits per heavy atom. The van der Waals surface area contributed by atoms with Crippen molar-refractivity contribution in [1.82, 2.24) is 0 Å². The Morgan fingerprint density at radius 2 is 1.58 bits per heavy atom. The number of nitrogens with zero attached hydrogens (tertiary/aromatic N) is 1. The SMILES string of the molecule is CCCCC(=O)[O-].CCOCC[N+](CC)(CC)CC. The molecule has 0 aromatic rings. The van der Waals surface area contributed by atoms with Crippen molar-refractivity contribution in [2.75, 3.05) is 39.4 Å². The van der Waals surface area contributed by atoms with Crippen molar-refractivity contribution in [2.45, 2.75) is 53.9 Å². The molecule has 0 N–H and O–H groups in total. The van der Waals surface area contributed by atoms with E-state index in [9.17, 15) is 9.90 Å². The van der Waals surface area contributed by atoms with Gasteiger partial charge in [-0.05, 0) is 40.5 Å². The average molecular weight is 275 g/mol. The predicted molar refractivity (Wildman–Crippen MR) is 77.8 cm³/mol. The maximum absolute atomic E-state index is 9.65. The Labute approximate surface area is 119 Å². The molecule has 0 aromatic carbocycles. The second kappa shape index (κ2) is 13.8. The fraction of sp³-hybridized carbons (Fsp3) is 0.933. The molecule has 0 spiro atoms. The monoisotopic (exact) mass is 275 g/mol. The predicted octanol–water partition coefficient (Wildman–Crippen LogP) is 1.83. The third-order valence-corrected chi connectivity index (χ3v) is 3.66. The summed E-state index contributed by atoms with van der Waals surface area (Å²) in [6.07, 6.45) is 1.87. The van der Waals surface area contributed by atoms with E-state index in [1.807, 2.05) is 6.92 Å². The first-order chi connectivity index (χ1) is 9.01. The van der Waals surface area contributed by atoms with Crippen LogP contribution in [0.2, 0.25) is 0 Å². The summed E-state index contributed by atoms with van der Waals surface area (Å²) < 4.78 is 6.57. The smallest absolute Gasteiger partial charge is 0.102 e. The molecule has 0 saturated heterocycles. The summed E-state index contributed by atoms with van der Waals surface area (Å²) in [6, 6.07) is 0. The van der Waals surface area contributed by atoms with Crippen LogP contribution in [0.3, 0.4) is 0 Å². The quantitative estimate of drug-likeness (QED) is 0.451. The zero-order valence-electron chi connectivity index (χ0n) is 13.5. The van der Waals surface area contributed by atoms with Crippen LogP contribution in [0.15, 0.2) is 0 Å². The Balaban J connectivity index is 0. The minimum atomic E-state index is -0.943. The fourth-order valence-electron chi connectivity index (χ4n) is 1.87. The molecule has 0 fully saturated rings. The molecule has 19 heavy (non-hydrogen) atoms. The van der Waals surface area contributed by atoms with Crippen LogP contribution in [0.25, 0.3) is 0 Å². The van der Waals surface area contributed by atoms with E-state index in [4.69, 9.17) is 4.74 Å². The van der Waals surface area contributed by atoms with Crippen molar-refractivity contribution in [1.29, 1.82) is 0 Å². The second-order valence-corrected chi connectivity index (χ2v) is 4.69. The lowest BCUT2D eigenvalue weighted by molar-refractivity contribution is -0.923. The van der Waals surface area contributed by atoms with E-state index in [-0.39, 0.29) is 6.42 Å².